The largest absolute Gasteiger partial charge is 0.286 e. The molecule has 0 bridgehead atoms. The maximum atomic E-state index is 14.0. The van der Waals surface area contributed by atoms with Gasteiger partial charge in [-0.25, -0.2) is 4.98 Å². The van der Waals surface area contributed by atoms with Crippen molar-refractivity contribution in [3.05, 3.63) is 99.9 Å². The van der Waals surface area contributed by atoms with Crippen LogP contribution in [0.5, 0.6) is 0 Å². The van der Waals surface area contributed by atoms with Gasteiger partial charge in [0.2, 0.25) is 5.82 Å². The molecule has 0 aliphatic carbocycles. The number of tetrazole rings is 1. The predicted molar refractivity (Wildman–Crippen MR) is 137 cm³/mol. The van der Waals surface area contributed by atoms with Crippen molar-refractivity contribution in [2.45, 2.75) is 6.54 Å². The Bertz CT molecular complexity index is 1750. The molecule has 0 atom stereocenters. The normalized spacial score (nSPS) is 11.3. The number of aryl methyl sites for hydroxylation is 1. The van der Waals surface area contributed by atoms with Crippen molar-refractivity contribution in [2.24, 2.45) is 7.05 Å². The molecular weight excluding hydrogens is 476 g/mol. The minimum absolute atomic E-state index is 0.148. The molecule has 10 heteroatoms. The number of nitrogens with zero attached hydrogens (tertiary/aromatic N) is 7. The Hall–Kier alpha value is -4.63. The molecule has 0 saturated heterocycles. The van der Waals surface area contributed by atoms with Crippen LogP contribution in [0.3, 0.4) is 0 Å². The second-order valence-corrected chi connectivity index (χ2v) is 8.74. The second-order valence-electron chi connectivity index (χ2n) is 8.31. The molecule has 0 aliphatic rings. The topological polar surface area (TPSA) is 107 Å². The summed E-state index contributed by atoms with van der Waals surface area (Å²) in [6.45, 7) is 0.336. The highest BCUT2D eigenvalue weighted by molar-refractivity contribution is 6.30. The summed E-state index contributed by atoms with van der Waals surface area (Å²) in [6.07, 6.45) is 1.69. The highest BCUT2D eigenvalue weighted by atomic mass is 35.5. The van der Waals surface area contributed by atoms with Crippen LogP contribution in [-0.4, -0.2) is 40.0 Å². The highest BCUT2D eigenvalue weighted by Gasteiger charge is 2.18. The number of hydrogen-bond acceptors (Lipinski definition) is 6. The van der Waals surface area contributed by atoms with E-state index in [1.807, 2.05) is 79.8 Å². The van der Waals surface area contributed by atoms with Crippen molar-refractivity contribution in [1.29, 1.82) is 0 Å². The lowest BCUT2D eigenvalue weighted by Gasteiger charge is -2.15. The Kier molecular flexibility index (Phi) is 5.38. The molecule has 0 radical (unpaired) electrons. The van der Waals surface area contributed by atoms with E-state index in [0.717, 1.165) is 27.9 Å². The summed E-state index contributed by atoms with van der Waals surface area (Å²) >= 11 is 6.08. The summed E-state index contributed by atoms with van der Waals surface area (Å²) in [5, 5.41) is 19.8. The molecule has 0 fully saturated rings. The molecule has 9 nitrogen and oxygen atoms in total. The summed E-state index contributed by atoms with van der Waals surface area (Å²) in [6, 6.07) is 22.7. The zero-order valence-electron chi connectivity index (χ0n) is 19.1. The third-order valence-corrected chi connectivity index (χ3v) is 6.33. The maximum absolute atomic E-state index is 14.0. The zero-order chi connectivity index (χ0) is 24.6. The standard InChI is InChI=1S/C26H19ClN8O/c1-34-23(12-13-28-34)25-29-22-11-8-17(19-4-2-3-5-20(19)24-30-32-33-31-24)14-21(22)26(36)35(25)15-16-6-9-18(27)10-7-16/h2-14H,15H2,1H3,(H,30,31,32,33). The molecule has 0 aliphatic heterocycles. The number of aromatic amines is 1. The van der Waals surface area contributed by atoms with Crippen LogP contribution < -0.4 is 5.56 Å². The van der Waals surface area contributed by atoms with Crippen LogP contribution in [0.1, 0.15) is 5.56 Å². The number of aromatic nitrogens is 8. The highest BCUT2D eigenvalue weighted by Crippen LogP contribution is 2.31. The molecule has 0 unspecified atom stereocenters. The van der Waals surface area contributed by atoms with E-state index in [2.05, 4.69) is 25.7 Å². The van der Waals surface area contributed by atoms with Gasteiger partial charge in [-0.2, -0.15) is 10.3 Å². The van der Waals surface area contributed by atoms with Gasteiger partial charge < -0.3 is 0 Å². The van der Waals surface area contributed by atoms with Crippen LogP contribution in [0.4, 0.5) is 0 Å². The van der Waals surface area contributed by atoms with Gasteiger partial charge >= 0.3 is 0 Å². The first-order chi connectivity index (χ1) is 17.6. The van der Waals surface area contributed by atoms with Gasteiger partial charge in [0.25, 0.3) is 5.56 Å². The first-order valence-corrected chi connectivity index (χ1v) is 11.6. The van der Waals surface area contributed by atoms with Gasteiger partial charge in [0.05, 0.1) is 17.4 Å². The minimum Gasteiger partial charge on any atom is -0.286 e. The quantitative estimate of drug-likeness (QED) is 0.382. The average Bonchev–Trinajstić information content (AvgIpc) is 3.59. The number of benzene rings is 3. The smallest absolute Gasteiger partial charge is 0.262 e. The van der Waals surface area contributed by atoms with E-state index in [-0.39, 0.29) is 5.56 Å². The van der Waals surface area contributed by atoms with Crippen molar-refractivity contribution in [3.63, 3.8) is 0 Å². The molecule has 0 spiro atoms. The van der Waals surface area contributed by atoms with Gasteiger partial charge in [-0.1, -0.05) is 54.1 Å². The first kappa shape index (κ1) is 21.9. The van der Waals surface area contributed by atoms with Crippen LogP contribution in [0.25, 0.3) is 44.9 Å². The Balaban J connectivity index is 1.56. The lowest BCUT2D eigenvalue weighted by molar-refractivity contribution is 0.723. The van der Waals surface area contributed by atoms with E-state index in [9.17, 15) is 4.79 Å². The fourth-order valence-corrected chi connectivity index (χ4v) is 4.43. The minimum atomic E-state index is -0.148. The number of H-pyrrole nitrogens is 1. The third kappa shape index (κ3) is 3.85. The van der Waals surface area contributed by atoms with Crippen LogP contribution in [0.2, 0.25) is 5.02 Å². The fraction of sp³-hybridized carbons (Fsp3) is 0.0769. The zero-order valence-corrected chi connectivity index (χ0v) is 19.9. The van der Waals surface area contributed by atoms with Crippen LogP contribution in [0.15, 0.2) is 83.8 Å². The number of hydrogen-bond donors (Lipinski definition) is 1. The second kappa shape index (κ2) is 8.86. The van der Waals surface area contributed by atoms with E-state index >= 15 is 0 Å². The maximum Gasteiger partial charge on any atom is 0.262 e. The predicted octanol–water partition coefficient (Wildman–Crippen LogP) is 4.35. The van der Waals surface area contributed by atoms with Crippen molar-refractivity contribution < 1.29 is 0 Å². The van der Waals surface area contributed by atoms with E-state index in [1.54, 1.807) is 15.4 Å². The number of nitrogens with one attached hydrogen (secondary N) is 1. The Labute approximate surface area is 210 Å². The van der Waals surface area contributed by atoms with Gasteiger partial charge in [-0.05, 0) is 52.2 Å². The SMILES string of the molecule is Cn1nccc1-c1nc2ccc(-c3ccccc3-c3nn[nH]n3)cc2c(=O)n1Cc1ccc(Cl)cc1. The average molecular weight is 495 g/mol. The monoisotopic (exact) mass is 494 g/mol. The van der Waals surface area contributed by atoms with Crippen molar-refractivity contribution >= 4 is 22.5 Å². The molecule has 36 heavy (non-hydrogen) atoms. The summed E-state index contributed by atoms with van der Waals surface area (Å²) in [4.78, 5) is 18.8. The lowest BCUT2D eigenvalue weighted by atomic mass is 9.98. The molecule has 3 heterocycles. The molecule has 3 aromatic heterocycles. The van der Waals surface area contributed by atoms with Gasteiger partial charge in [0, 0.05) is 23.8 Å². The van der Waals surface area contributed by atoms with Crippen molar-refractivity contribution in [3.8, 4) is 34.0 Å². The van der Waals surface area contributed by atoms with E-state index < -0.39 is 0 Å². The first-order valence-electron chi connectivity index (χ1n) is 11.2. The summed E-state index contributed by atoms with van der Waals surface area (Å²) in [5.74, 6) is 1.03. The van der Waals surface area contributed by atoms with E-state index in [4.69, 9.17) is 16.6 Å². The van der Waals surface area contributed by atoms with E-state index in [0.29, 0.717) is 34.1 Å². The Morgan fingerprint density at radius 2 is 1.78 bits per heavy atom. The summed E-state index contributed by atoms with van der Waals surface area (Å²) < 4.78 is 3.39. The summed E-state index contributed by atoms with van der Waals surface area (Å²) in [5.41, 5.74) is 4.69. The Morgan fingerprint density at radius 3 is 2.50 bits per heavy atom. The molecule has 176 valence electrons. The number of halogens is 1. The molecule has 1 N–H and O–H groups in total. The molecule has 6 aromatic rings. The molecule has 3 aromatic carbocycles. The molecule has 6 rings (SSSR count). The lowest BCUT2D eigenvalue weighted by Crippen LogP contribution is -2.25. The molecular formula is C26H19ClN8O. The molecule has 0 saturated carbocycles. The Morgan fingerprint density at radius 1 is 0.972 bits per heavy atom. The van der Waals surface area contributed by atoms with Gasteiger partial charge in [0.15, 0.2) is 5.82 Å². The fourth-order valence-electron chi connectivity index (χ4n) is 4.30. The van der Waals surface area contributed by atoms with Crippen LogP contribution >= 0.6 is 11.6 Å². The van der Waals surface area contributed by atoms with Crippen molar-refractivity contribution in [1.82, 2.24) is 40.0 Å². The van der Waals surface area contributed by atoms with Gasteiger partial charge in [-0.15, -0.1) is 10.2 Å². The van der Waals surface area contributed by atoms with Crippen LogP contribution in [-0.2, 0) is 13.6 Å². The van der Waals surface area contributed by atoms with Crippen LogP contribution in [0, 0.1) is 0 Å². The van der Waals surface area contributed by atoms with E-state index in [1.165, 1.54) is 0 Å². The molecule has 0 amide bonds. The number of fused-ring (bicyclic) bond motifs is 1. The van der Waals surface area contributed by atoms with Crippen molar-refractivity contribution in [2.75, 3.05) is 0 Å². The number of rotatable bonds is 5. The van der Waals surface area contributed by atoms with Gasteiger partial charge in [-0.3, -0.25) is 14.0 Å². The summed E-state index contributed by atoms with van der Waals surface area (Å²) in [7, 11) is 1.83. The third-order valence-electron chi connectivity index (χ3n) is 6.08. The van der Waals surface area contributed by atoms with Gasteiger partial charge in [0.1, 0.15) is 5.69 Å².